The molecule has 1 aromatic rings. The van der Waals surface area contributed by atoms with Gasteiger partial charge >= 0.3 is 0 Å². The molecular formula is C23H31N3O2. The van der Waals surface area contributed by atoms with Gasteiger partial charge in [-0.2, -0.15) is 0 Å². The molecule has 2 aliphatic rings. The number of hydrogen-bond donors (Lipinski definition) is 2. The van der Waals surface area contributed by atoms with Gasteiger partial charge in [0.2, 0.25) is 0 Å². The standard InChI is InChI=1S/C23H31N3O2/c1-2-5-21(16-27)26-15-18-14-17(7-12-22(18)23(26)28)6-3-4-13-25-20-10-8-19(24)9-11-20/h7,12,14,16,19-21,25H,2,4-5,8-11,13,15,24H2,1H3. The van der Waals surface area contributed by atoms with Crippen molar-refractivity contribution >= 4 is 12.2 Å². The lowest BCUT2D eigenvalue weighted by Gasteiger charge is -2.26. The lowest BCUT2D eigenvalue weighted by atomic mass is 9.92. The summed E-state index contributed by atoms with van der Waals surface area (Å²) in [5.74, 6) is 6.39. The minimum absolute atomic E-state index is 0.0449. The first-order valence-electron chi connectivity index (χ1n) is 10.5. The highest BCUT2D eigenvalue weighted by Gasteiger charge is 2.32. The van der Waals surface area contributed by atoms with Gasteiger partial charge < -0.3 is 20.7 Å². The molecule has 1 fully saturated rings. The first kappa shape index (κ1) is 20.6. The maximum absolute atomic E-state index is 12.6. The molecule has 0 radical (unpaired) electrons. The number of nitrogens with two attached hydrogens (primary N) is 1. The van der Waals surface area contributed by atoms with E-state index in [4.69, 9.17) is 5.73 Å². The van der Waals surface area contributed by atoms with Crippen LogP contribution >= 0.6 is 0 Å². The number of fused-ring (bicyclic) bond motifs is 1. The van der Waals surface area contributed by atoms with Crippen molar-refractivity contribution in [2.75, 3.05) is 6.54 Å². The Morgan fingerprint density at radius 1 is 1.32 bits per heavy atom. The zero-order valence-electron chi connectivity index (χ0n) is 16.7. The Morgan fingerprint density at radius 2 is 2.11 bits per heavy atom. The Hall–Kier alpha value is -2.16. The Labute approximate surface area is 168 Å². The summed E-state index contributed by atoms with van der Waals surface area (Å²) in [6.07, 6.45) is 7.80. The van der Waals surface area contributed by atoms with Gasteiger partial charge in [0.1, 0.15) is 6.29 Å². The SMILES string of the molecule is CCCC(C=O)N1Cc2cc(C#CCCNC3CCC(N)CC3)ccc2C1=O. The number of hydrogen-bond acceptors (Lipinski definition) is 4. The topological polar surface area (TPSA) is 75.4 Å². The fraction of sp³-hybridized carbons (Fsp3) is 0.565. The van der Waals surface area contributed by atoms with Gasteiger partial charge in [-0.15, -0.1) is 0 Å². The Balaban J connectivity index is 1.52. The van der Waals surface area contributed by atoms with Crippen LogP contribution in [0.25, 0.3) is 0 Å². The fourth-order valence-corrected chi connectivity index (χ4v) is 4.11. The fourth-order valence-electron chi connectivity index (χ4n) is 4.11. The number of carbonyl (C=O) groups excluding carboxylic acids is 2. The molecule has 1 aliphatic heterocycles. The van der Waals surface area contributed by atoms with Crippen LogP contribution in [-0.4, -0.2) is 41.8 Å². The number of rotatable bonds is 7. The van der Waals surface area contributed by atoms with E-state index in [0.29, 0.717) is 30.6 Å². The third-order valence-electron chi connectivity index (χ3n) is 5.77. The highest BCUT2D eigenvalue weighted by atomic mass is 16.2. The average Bonchev–Trinajstić information content (AvgIpc) is 3.03. The molecular weight excluding hydrogens is 350 g/mol. The predicted molar refractivity (Wildman–Crippen MR) is 111 cm³/mol. The molecule has 1 amide bonds. The van der Waals surface area contributed by atoms with Crippen molar-refractivity contribution in [1.82, 2.24) is 10.2 Å². The molecule has 5 nitrogen and oxygen atoms in total. The van der Waals surface area contributed by atoms with Gasteiger partial charge in [-0.05, 0) is 55.9 Å². The zero-order chi connectivity index (χ0) is 19.9. The van der Waals surface area contributed by atoms with Crippen LogP contribution in [0.5, 0.6) is 0 Å². The lowest BCUT2D eigenvalue weighted by Crippen LogP contribution is -2.37. The zero-order valence-corrected chi connectivity index (χ0v) is 16.7. The van der Waals surface area contributed by atoms with Crippen LogP contribution in [0, 0.1) is 11.8 Å². The van der Waals surface area contributed by atoms with Crippen LogP contribution in [0.3, 0.4) is 0 Å². The van der Waals surface area contributed by atoms with Gasteiger partial charge in [0.05, 0.1) is 6.04 Å². The Kier molecular flexibility index (Phi) is 7.24. The molecule has 1 atom stereocenters. The maximum atomic E-state index is 12.6. The number of benzene rings is 1. The number of nitrogens with one attached hydrogen (secondary N) is 1. The molecule has 150 valence electrons. The van der Waals surface area contributed by atoms with Crippen molar-refractivity contribution in [3.05, 3.63) is 34.9 Å². The minimum atomic E-state index is -0.333. The minimum Gasteiger partial charge on any atom is -0.328 e. The highest BCUT2D eigenvalue weighted by Crippen LogP contribution is 2.26. The van der Waals surface area contributed by atoms with Gasteiger partial charge in [0, 0.05) is 42.7 Å². The van der Waals surface area contributed by atoms with Gasteiger partial charge in [-0.25, -0.2) is 0 Å². The summed E-state index contributed by atoms with van der Waals surface area (Å²) in [5.41, 5.74) is 8.54. The molecule has 1 unspecified atom stereocenters. The van der Waals surface area contributed by atoms with E-state index in [1.54, 1.807) is 4.90 Å². The van der Waals surface area contributed by atoms with Gasteiger partial charge in [-0.3, -0.25) is 4.79 Å². The Morgan fingerprint density at radius 3 is 2.82 bits per heavy atom. The summed E-state index contributed by atoms with van der Waals surface area (Å²) in [6.45, 7) is 3.41. The third kappa shape index (κ3) is 5.01. The lowest BCUT2D eigenvalue weighted by molar-refractivity contribution is -0.112. The van der Waals surface area contributed by atoms with Gasteiger partial charge in [0.15, 0.2) is 0 Å². The average molecular weight is 382 g/mol. The smallest absolute Gasteiger partial charge is 0.255 e. The van der Waals surface area contributed by atoms with Gasteiger partial charge in [0.25, 0.3) is 5.91 Å². The summed E-state index contributed by atoms with van der Waals surface area (Å²) in [5, 5.41) is 3.57. The number of nitrogens with zero attached hydrogens (tertiary/aromatic N) is 1. The third-order valence-corrected chi connectivity index (χ3v) is 5.77. The van der Waals surface area contributed by atoms with E-state index in [0.717, 1.165) is 62.5 Å². The monoisotopic (exact) mass is 381 g/mol. The number of carbonyl (C=O) groups is 2. The molecule has 3 rings (SSSR count). The molecule has 1 saturated carbocycles. The molecule has 28 heavy (non-hydrogen) atoms. The van der Waals surface area contributed by atoms with E-state index >= 15 is 0 Å². The molecule has 0 bridgehead atoms. The first-order valence-corrected chi connectivity index (χ1v) is 10.5. The quantitative estimate of drug-likeness (QED) is 0.432. The summed E-state index contributed by atoms with van der Waals surface area (Å²) in [7, 11) is 0. The summed E-state index contributed by atoms with van der Waals surface area (Å²) < 4.78 is 0. The second-order valence-corrected chi connectivity index (χ2v) is 7.91. The molecule has 0 saturated heterocycles. The van der Waals surface area contributed by atoms with Crippen LogP contribution in [0.2, 0.25) is 0 Å². The van der Waals surface area contributed by atoms with Crippen molar-refractivity contribution in [2.45, 2.75) is 76.5 Å². The van der Waals surface area contributed by atoms with E-state index in [9.17, 15) is 9.59 Å². The van der Waals surface area contributed by atoms with E-state index in [1.807, 2.05) is 25.1 Å². The largest absolute Gasteiger partial charge is 0.328 e. The van der Waals surface area contributed by atoms with E-state index in [1.165, 1.54) is 0 Å². The van der Waals surface area contributed by atoms with E-state index in [-0.39, 0.29) is 11.9 Å². The maximum Gasteiger partial charge on any atom is 0.255 e. The van der Waals surface area contributed by atoms with Gasteiger partial charge in [-0.1, -0.05) is 25.2 Å². The van der Waals surface area contributed by atoms with Crippen LogP contribution in [0.15, 0.2) is 18.2 Å². The van der Waals surface area contributed by atoms with Crippen molar-refractivity contribution in [1.29, 1.82) is 0 Å². The molecule has 0 aromatic heterocycles. The predicted octanol–water partition coefficient (Wildman–Crippen LogP) is 2.61. The summed E-state index contributed by atoms with van der Waals surface area (Å²) >= 11 is 0. The van der Waals surface area contributed by atoms with Crippen LogP contribution in [-0.2, 0) is 11.3 Å². The summed E-state index contributed by atoms with van der Waals surface area (Å²) in [4.78, 5) is 25.6. The van der Waals surface area contributed by atoms with Crippen molar-refractivity contribution in [3.8, 4) is 11.8 Å². The van der Waals surface area contributed by atoms with Crippen LogP contribution in [0.1, 0.15) is 73.4 Å². The van der Waals surface area contributed by atoms with Crippen LogP contribution in [0.4, 0.5) is 0 Å². The molecule has 1 aromatic carbocycles. The molecule has 3 N–H and O–H groups in total. The highest BCUT2D eigenvalue weighted by molar-refractivity contribution is 5.99. The number of aldehydes is 1. The molecule has 0 spiro atoms. The van der Waals surface area contributed by atoms with E-state index in [2.05, 4.69) is 17.2 Å². The Bertz CT molecular complexity index is 757. The molecule has 5 heteroatoms. The second kappa shape index (κ2) is 9.86. The first-order chi connectivity index (χ1) is 13.6. The van der Waals surface area contributed by atoms with E-state index < -0.39 is 0 Å². The van der Waals surface area contributed by atoms with Crippen LogP contribution < -0.4 is 11.1 Å². The summed E-state index contributed by atoms with van der Waals surface area (Å²) in [6, 6.07) is 6.36. The van der Waals surface area contributed by atoms with Crippen molar-refractivity contribution < 1.29 is 9.59 Å². The van der Waals surface area contributed by atoms with Crippen molar-refractivity contribution in [3.63, 3.8) is 0 Å². The normalized spacial score (nSPS) is 22.4. The molecule has 1 heterocycles. The number of amides is 1. The second-order valence-electron chi connectivity index (χ2n) is 7.91. The molecule has 1 aliphatic carbocycles. The van der Waals surface area contributed by atoms with Crippen molar-refractivity contribution in [2.24, 2.45) is 5.73 Å².